The zero-order chi connectivity index (χ0) is 14.5. The topological polar surface area (TPSA) is 15.7 Å². The van der Waals surface area contributed by atoms with Crippen molar-refractivity contribution in [2.75, 3.05) is 45.9 Å². The zero-order valence-corrected chi connectivity index (χ0v) is 13.3. The highest BCUT2D eigenvalue weighted by Gasteiger charge is 2.40. The molecule has 3 nitrogen and oxygen atoms in total. The highest BCUT2D eigenvalue weighted by atomic mass is 16.5. The van der Waals surface area contributed by atoms with E-state index in [4.69, 9.17) is 4.74 Å². The van der Waals surface area contributed by atoms with Gasteiger partial charge in [0.25, 0.3) is 0 Å². The van der Waals surface area contributed by atoms with Gasteiger partial charge in [-0.1, -0.05) is 25.1 Å². The standard InChI is InChI=1S/C18H28N2O/c1-2-19-12-10-18(15-19)9-6-11-20(16-18)13-14-21-17-7-4-3-5-8-17/h3-5,7-8H,2,6,9-16H2,1H3/t18-/m0/s1. The first-order valence-electron chi connectivity index (χ1n) is 8.42. The number of para-hydroxylation sites is 1. The molecule has 1 spiro atoms. The third-order valence-electron chi connectivity index (χ3n) is 5.12. The minimum Gasteiger partial charge on any atom is -0.492 e. The monoisotopic (exact) mass is 288 g/mol. The molecule has 2 aliphatic rings. The van der Waals surface area contributed by atoms with Crippen molar-refractivity contribution in [3.63, 3.8) is 0 Å². The third-order valence-corrected chi connectivity index (χ3v) is 5.12. The van der Waals surface area contributed by atoms with Crippen molar-refractivity contribution >= 4 is 0 Å². The van der Waals surface area contributed by atoms with Crippen molar-refractivity contribution in [3.8, 4) is 5.75 Å². The van der Waals surface area contributed by atoms with Gasteiger partial charge < -0.3 is 9.64 Å². The van der Waals surface area contributed by atoms with E-state index in [0.29, 0.717) is 5.41 Å². The Morgan fingerprint density at radius 3 is 2.62 bits per heavy atom. The normalized spacial score (nSPS) is 27.3. The van der Waals surface area contributed by atoms with Crippen LogP contribution in [-0.4, -0.2) is 55.7 Å². The van der Waals surface area contributed by atoms with Crippen LogP contribution >= 0.6 is 0 Å². The maximum Gasteiger partial charge on any atom is 0.119 e. The summed E-state index contributed by atoms with van der Waals surface area (Å²) in [4.78, 5) is 5.23. The molecule has 116 valence electrons. The van der Waals surface area contributed by atoms with Gasteiger partial charge in [0, 0.05) is 19.6 Å². The van der Waals surface area contributed by atoms with Gasteiger partial charge >= 0.3 is 0 Å². The molecule has 2 saturated heterocycles. The van der Waals surface area contributed by atoms with Crippen LogP contribution in [0.4, 0.5) is 0 Å². The Balaban J connectivity index is 1.46. The van der Waals surface area contributed by atoms with Gasteiger partial charge in [-0.15, -0.1) is 0 Å². The average molecular weight is 288 g/mol. The smallest absolute Gasteiger partial charge is 0.119 e. The lowest BCUT2D eigenvalue weighted by molar-refractivity contribution is 0.0816. The van der Waals surface area contributed by atoms with Crippen molar-refractivity contribution in [1.29, 1.82) is 0 Å². The van der Waals surface area contributed by atoms with E-state index < -0.39 is 0 Å². The Morgan fingerprint density at radius 2 is 1.86 bits per heavy atom. The lowest BCUT2D eigenvalue weighted by atomic mass is 9.79. The van der Waals surface area contributed by atoms with Crippen LogP contribution in [0.15, 0.2) is 30.3 Å². The molecule has 2 aliphatic heterocycles. The summed E-state index contributed by atoms with van der Waals surface area (Å²) in [5.41, 5.74) is 0.570. The number of hydrogen-bond acceptors (Lipinski definition) is 3. The van der Waals surface area contributed by atoms with Crippen molar-refractivity contribution in [2.45, 2.75) is 26.2 Å². The summed E-state index contributed by atoms with van der Waals surface area (Å²) < 4.78 is 5.85. The number of hydrogen-bond donors (Lipinski definition) is 0. The molecule has 0 N–H and O–H groups in total. The van der Waals surface area contributed by atoms with Crippen molar-refractivity contribution < 1.29 is 4.74 Å². The summed E-state index contributed by atoms with van der Waals surface area (Å²) in [6.45, 7) is 10.5. The van der Waals surface area contributed by atoms with E-state index in [2.05, 4.69) is 16.7 Å². The molecule has 2 heterocycles. The van der Waals surface area contributed by atoms with Gasteiger partial charge in [0.1, 0.15) is 12.4 Å². The van der Waals surface area contributed by atoms with Crippen LogP contribution in [0.1, 0.15) is 26.2 Å². The Morgan fingerprint density at radius 1 is 1.05 bits per heavy atom. The number of piperidine rings is 1. The van der Waals surface area contributed by atoms with Gasteiger partial charge in [-0.3, -0.25) is 4.90 Å². The first-order chi connectivity index (χ1) is 10.3. The number of nitrogens with zero attached hydrogens (tertiary/aromatic N) is 2. The molecule has 21 heavy (non-hydrogen) atoms. The fourth-order valence-corrected chi connectivity index (χ4v) is 3.94. The van der Waals surface area contributed by atoms with Gasteiger partial charge in [0.05, 0.1) is 0 Å². The minimum atomic E-state index is 0.570. The molecule has 0 bridgehead atoms. The fraction of sp³-hybridized carbons (Fsp3) is 0.667. The Kier molecular flexibility index (Phi) is 4.81. The largest absolute Gasteiger partial charge is 0.492 e. The number of likely N-dealkylation sites (tertiary alicyclic amines) is 2. The van der Waals surface area contributed by atoms with E-state index in [1.54, 1.807) is 0 Å². The second kappa shape index (κ2) is 6.80. The number of benzene rings is 1. The van der Waals surface area contributed by atoms with Gasteiger partial charge in [0.15, 0.2) is 0 Å². The lowest BCUT2D eigenvalue weighted by Crippen LogP contribution is -2.46. The van der Waals surface area contributed by atoms with E-state index in [1.165, 1.54) is 52.0 Å². The van der Waals surface area contributed by atoms with Crippen molar-refractivity contribution in [2.24, 2.45) is 5.41 Å². The van der Waals surface area contributed by atoms with Gasteiger partial charge in [-0.25, -0.2) is 0 Å². The van der Waals surface area contributed by atoms with Gasteiger partial charge in [-0.2, -0.15) is 0 Å². The molecule has 0 aromatic heterocycles. The predicted molar refractivity (Wildman–Crippen MR) is 86.8 cm³/mol. The van der Waals surface area contributed by atoms with E-state index >= 15 is 0 Å². The molecule has 3 heteroatoms. The van der Waals surface area contributed by atoms with Crippen LogP contribution in [0.2, 0.25) is 0 Å². The maximum atomic E-state index is 5.85. The molecular weight excluding hydrogens is 260 g/mol. The molecule has 1 atom stereocenters. The summed E-state index contributed by atoms with van der Waals surface area (Å²) >= 11 is 0. The van der Waals surface area contributed by atoms with E-state index in [0.717, 1.165) is 18.9 Å². The van der Waals surface area contributed by atoms with Crippen LogP contribution in [0, 0.1) is 5.41 Å². The molecule has 2 fully saturated rings. The third kappa shape index (κ3) is 3.78. The maximum absolute atomic E-state index is 5.85. The van der Waals surface area contributed by atoms with Gasteiger partial charge in [0.2, 0.25) is 0 Å². The molecule has 0 radical (unpaired) electrons. The first-order valence-corrected chi connectivity index (χ1v) is 8.42. The SMILES string of the molecule is CCN1CC[C@@]2(CCCN(CCOc3ccccc3)C2)C1. The average Bonchev–Trinajstić information content (AvgIpc) is 2.91. The van der Waals surface area contributed by atoms with E-state index in [1.807, 2.05) is 30.3 Å². The van der Waals surface area contributed by atoms with Crippen LogP contribution in [0.25, 0.3) is 0 Å². The summed E-state index contributed by atoms with van der Waals surface area (Å²) in [6.07, 6.45) is 4.15. The molecule has 1 aromatic rings. The predicted octanol–water partition coefficient (Wildman–Crippen LogP) is 2.87. The molecule has 0 unspecified atom stereocenters. The summed E-state index contributed by atoms with van der Waals surface area (Å²) in [5, 5.41) is 0. The highest BCUT2D eigenvalue weighted by molar-refractivity contribution is 5.20. The number of ether oxygens (including phenoxy) is 1. The molecule has 0 saturated carbocycles. The van der Waals surface area contributed by atoms with Crippen molar-refractivity contribution in [3.05, 3.63) is 30.3 Å². The van der Waals surface area contributed by atoms with E-state index in [9.17, 15) is 0 Å². The van der Waals surface area contributed by atoms with Crippen LogP contribution in [0.5, 0.6) is 5.75 Å². The molecule has 1 aromatic carbocycles. The van der Waals surface area contributed by atoms with Crippen molar-refractivity contribution in [1.82, 2.24) is 9.80 Å². The van der Waals surface area contributed by atoms with E-state index in [-0.39, 0.29) is 0 Å². The van der Waals surface area contributed by atoms with Crippen LogP contribution < -0.4 is 4.74 Å². The number of rotatable bonds is 5. The molecular formula is C18H28N2O. The minimum absolute atomic E-state index is 0.570. The van der Waals surface area contributed by atoms with Crippen LogP contribution in [-0.2, 0) is 0 Å². The lowest BCUT2D eigenvalue weighted by Gasteiger charge is -2.40. The second-order valence-electron chi connectivity index (χ2n) is 6.66. The second-order valence-corrected chi connectivity index (χ2v) is 6.66. The molecule has 0 amide bonds. The Labute approximate surface area is 128 Å². The Hall–Kier alpha value is -1.06. The van der Waals surface area contributed by atoms with Gasteiger partial charge in [-0.05, 0) is 56.4 Å². The van der Waals surface area contributed by atoms with Crippen LogP contribution in [0.3, 0.4) is 0 Å². The Bertz CT molecular complexity index is 436. The molecule has 0 aliphatic carbocycles. The summed E-state index contributed by atoms with van der Waals surface area (Å²) in [6, 6.07) is 10.2. The first kappa shape index (κ1) is 14.9. The quantitative estimate of drug-likeness (QED) is 0.828. The summed E-state index contributed by atoms with van der Waals surface area (Å²) in [5.74, 6) is 0.988. The molecule has 3 rings (SSSR count). The zero-order valence-electron chi connectivity index (χ0n) is 13.3. The summed E-state index contributed by atoms with van der Waals surface area (Å²) in [7, 11) is 0. The highest BCUT2D eigenvalue weighted by Crippen LogP contribution is 2.38. The fourth-order valence-electron chi connectivity index (χ4n) is 3.94.